The van der Waals surface area contributed by atoms with Crippen LogP contribution < -0.4 is 5.73 Å². The quantitative estimate of drug-likeness (QED) is 0.706. The van der Waals surface area contributed by atoms with E-state index in [0.29, 0.717) is 5.92 Å². The number of hydrogen-bond acceptors (Lipinski definition) is 3. The van der Waals surface area contributed by atoms with Crippen LogP contribution in [0.25, 0.3) is 0 Å². The Morgan fingerprint density at radius 3 is 2.36 bits per heavy atom. The highest BCUT2D eigenvalue weighted by Gasteiger charge is 2.09. The zero-order chi connectivity index (χ0) is 8.43. The fourth-order valence-electron chi connectivity index (χ4n) is 0.778. The number of oxazole rings is 1. The van der Waals surface area contributed by atoms with Gasteiger partial charge in [-0.3, -0.25) is 0 Å². The fraction of sp³-hybridized carbons (Fsp3) is 0.625. The molecule has 3 heteroatoms. The summed E-state index contributed by atoms with van der Waals surface area (Å²) in [6.07, 6.45) is 1.69. The Morgan fingerprint density at radius 2 is 2.09 bits per heavy atom. The smallest absolute Gasteiger partial charge is 0.196 e. The van der Waals surface area contributed by atoms with Crippen molar-refractivity contribution in [3.8, 4) is 0 Å². The van der Waals surface area contributed by atoms with Crippen LogP contribution in [-0.2, 0) is 0 Å². The van der Waals surface area contributed by atoms with Gasteiger partial charge in [0.05, 0.1) is 12.2 Å². The van der Waals surface area contributed by atoms with E-state index in [-0.39, 0.29) is 6.04 Å². The SMILES string of the molecule is CC(C)c1ncc([C@H](C)N)o1. The molecule has 0 aliphatic heterocycles. The molecule has 0 aromatic carbocycles. The molecule has 1 atom stereocenters. The molecule has 2 N–H and O–H groups in total. The molecule has 0 aliphatic carbocycles. The van der Waals surface area contributed by atoms with E-state index in [0.717, 1.165) is 11.7 Å². The zero-order valence-electron chi connectivity index (χ0n) is 7.16. The Bertz CT molecular complexity index is 205. The standard InChI is InChI=1S/C8H14N2O/c1-5(2)8-10-4-7(11-8)6(3)9/h4-6H,9H2,1-3H3/t6-/m0/s1. The number of nitrogens with zero attached hydrogens (tertiary/aromatic N) is 1. The molecule has 1 aromatic heterocycles. The maximum absolute atomic E-state index is 5.59. The van der Waals surface area contributed by atoms with E-state index in [1.165, 1.54) is 0 Å². The van der Waals surface area contributed by atoms with Gasteiger partial charge >= 0.3 is 0 Å². The van der Waals surface area contributed by atoms with Gasteiger partial charge in [0.2, 0.25) is 0 Å². The molecule has 0 saturated heterocycles. The Kier molecular flexibility index (Phi) is 2.29. The van der Waals surface area contributed by atoms with Crippen molar-refractivity contribution >= 4 is 0 Å². The molecule has 0 unspecified atom stereocenters. The minimum atomic E-state index is -0.0602. The highest BCUT2D eigenvalue weighted by molar-refractivity contribution is 5.00. The highest BCUT2D eigenvalue weighted by Crippen LogP contribution is 2.17. The molecule has 0 saturated carbocycles. The van der Waals surface area contributed by atoms with Gasteiger partial charge in [-0.15, -0.1) is 0 Å². The Morgan fingerprint density at radius 1 is 1.45 bits per heavy atom. The Labute approximate surface area is 66.6 Å². The van der Waals surface area contributed by atoms with Gasteiger partial charge in [0, 0.05) is 5.92 Å². The van der Waals surface area contributed by atoms with Gasteiger partial charge in [0.25, 0.3) is 0 Å². The number of nitrogens with two attached hydrogens (primary N) is 1. The van der Waals surface area contributed by atoms with Gasteiger partial charge in [0.1, 0.15) is 5.76 Å². The molecule has 11 heavy (non-hydrogen) atoms. The summed E-state index contributed by atoms with van der Waals surface area (Å²) in [6, 6.07) is -0.0602. The van der Waals surface area contributed by atoms with Crippen LogP contribution in [0, 0.1) is 0 Å². The maximum Gasteiger partial charge on any atom is 0.196 e. The second-order valence-corrected chi connectivity index (χ2v) is 3.04. The zero-order valence-corrected chi connectivity index (χ0v) is 7.16. The van der Waals surface area contributed by atoms with E-state index in [9.17, 15) is 0 Å². The van der Waals surface area contributed by atoms with Gasteiger partial charge in [-0.05, 0) is 6.92 Å². The van der Waals surface area contributed by atoms with Crippen LogP contribution in [0.15, 0.2) is 10.6 Å². The first-order valence-electron chi connectivity index (χ1n) is 3.82. The summed E-state index contributed by atoms with van der Waals surface area (Å²) < 4.78 is 5.37. The molecule has 0 fully saturated rings. The third-order valence-corrected chi connectivity index (χ3v) is 1.48. The van der Waals surface area contributed by atoms with Crippen LogP contribution in [0.3, 0.4) is 0 Å². The van der Waals surface area contributed by atoms with E-state index >= 15 is 0 Å². The van der Waals surface area contributed by atoms with Gasteiger partial charge in [-0.2, -0.15) is 0 Å². The predicted octanol–water partition coefficient (Wildman–Crippen LogP) is 1.82. The molecule has 0 aliphatic rings. The van der Waals surface area contributed by atoms with Crippen molar-refractivity contribution in [1.82, 2.24) is 4.98 Å². The van der Waals surface area contributed by atoms with Gasteiger partial charge in [-0.25, -0.2) is 4.98 Å². The van der Waals surface area contributed by atoms with E-state index in [4.69, 9.17) is 10.2 Å². The summed E-state index contributed by atoms with van der Waals surface area (Å²) in [5.41, 5.74) is 5.59. The van der Waals surface area contributed by atoms with Crippen molar-refractivity contribution in [3.05, 3.63) is 17.8 Å². The molecule has 0 amide bonds. The molecule has 1 heterocycles. The van der Waals surface area contributed by atoms with Crippen molar-refractivity contribution in [1.29, 1.82) is 0 Å². The third-order valence-electron chi connectivity index (χ3n) is 1.48. The predicted molar refractivity (Wildman–Crippen MR) is 43.2 cm³/mol. The van der Waals surface area contributed by atoms with E-state index in [2.05, 4.69) is 4.98 Å². The maximum atomic E-state index is 5.59. The van der Waals surface area contributed by atoms with Crippen LogP contribution in [0.2, 0.25) is 0 Å². The summed E-state index contributed by atoms with van der Waals surface area (Å²) >= 11 is 0. The number of aromatic nitrogens is 1. The van der Waals surface area contributed by atoms with Gasteiger partial charge in [-0.1, -0.05) is 13.8 Å². The lowest BCUT2D eigenvalue weighted by Gasteiger charge is -1.99. The first-order chi connectivity index (χ1) is 5.11. The van der Waals surface area contributed by atoms with Crippen LogP contribution in [0.1, 0.15) is 44.4 Å². The van der Waals surface area contributed by atoms with Gasteiger partial charge < -0.3 is 10.2 Å². The van der Waals surface area contributed by atoms with Crippen molar-refractivity contribution in [2.24, 2.45) is 5.73 Å². The molecular weight excluding hydrogens is 140 g/mol. The Hall–Kier alpha value is -0.830. The second-order valence-electron chi connectivity index (χ2n) is 3.04. The lowest BCUT2D eigenvalue weighted by Crippen LogP contribution is -2.02. The number of rotatable bonds is 2. The first-order valence-corrected chi connectivity index (χ1v) is 3.82. The minimum Gasteiger partial charge on any atom is -0.444 e. The molecule has 3 nitrogen and oxygen atoms in total. The largest absolute Gasteiger partial charge is 0.444 e. The molecule has 0 radical (unpaired) electrons. The second kappa shape index (κ2) is 3.05. The fourth-order valence-corrected chi connectivity index (χ4v) is 0.778. The van der Waals surface area contributed by atoms with Gasteiger partial charge in [0.15, 0.2) is 5.89 Å². The van der Waals surface area contributed by atoms with E-state index in [1.807, 2.05) is 20.8 Å². The topological polar surface area (TPSA) is 52.0 Å². The average Bonchev–Trinajstić information content (AvgIpc) is 2.33. The molecule has 0 bridgehead atoms. The average molecular weight is 154 g/mol. The molecular formula is C8H14N2O. The van der Waals surface area contributed by atoms with Crippen LogP contribution in [0.5, 0.6) is 0 Å². The summed E-state index contributed by atoms with van der Waals surface area (Å²) in [6.45, 7) is 5.96. The highest BCUT2D eigenvalue weighted by atomic mass is 16.4. The van der Waals surface area contributed by atoms with Crippen molar-refractivity contribution < 1.29 is 4.42 Å². The monoisotopic (exact) mass is 154 g/mol. The molecule has 1 aromatic rings. The minimum absolute atomic E-state index is 0.0602. The van der Waals surface area contributed by atoms with Crippen molar-refractivity contribution in [2.45, 2.75) is 32.7 Å². The van der Waals surface area contributed by atoms with Crippen LogP contribution in [0.4, 0.5) is 0 Å². The molecule has 1 rings (SSSR count). The lowest BCUT2D eigenvalue weighted by molar-refractivity contribution is 0.418. The first kappa shape index (κ1) is 8.27. The van der Waals surface area contributed by atoms with Crippen LogP contribution in [-0.4, -0.2) is 4.98 Å². The van der Waals surface area contributed by atoms with E-state index in [1.54, 1.807) is 6.20 Å². The summed E-state index contributed by atoms with van der Waals surface area (Å²) in [7, 11) is 0. The molecule has 0 spiro atoms. The summed E-state index contributed by atoms with van der Waals surface area (Å²) in [5, 5.41) is 0. The van der Waals surface area contributed by atoms with E-state index < -0.39 is 0 Å². The van der Waals surface area contributed by atoms with Crippen molar-refractivity contribution in [2.75, 3.05) is 0 Å². The van der Waals surface area contributed by atoms with Crippen molar-refractivity contribution in [3.63, 3.8) is 0 Å². The lowest BCUT2D eigenvalue weighted by atomic mass is 10.2. The van der Waals surface area contributed by atoms with Crippen LogP contribution >= 0.6 is 0 Å². The summed E-state index contributed by atoms with van der Waals surface area (Å²) in [4.78, 5) is 4.09. The normalized spacial score (nSPS) is 13.9. The number of hydrogen-bond donors (Lipinski definition) is 1. The Balaban J connectivity index is 2.82. The molecule has 62 valence electrons. The summed E-state index contributed by atoms with van der Waals surface area (Å²) in [5.74, 6) is 1.86. The third kappa shape index (κ3) is 1.80.